The summed E-state index contributed by atoms with van der Waals surface area (Å²) in [6.07, 6.45) is 0.226. The highest BCUT2D eigenvalue weighted by Crippen LogP contribution is 2.40. The first-order valence-electron chi connectivity index (χ1n) is 12.9. The van der Waals surface area contributed by atoms with Crippen molar-refractivity contribution in [3.63, 3.8) is 0 Å². The van der Waals surface area contributed by atoms with Gasteiger partial charge >= 0.3 is 6.09 Å². The summed E-state index contributed by atoms with van der Waals surface area (Å²) in [5.74, 6) is 1.64. The van der Waals surface area contributed by atoms with E-state index in [1.54, 1.807) is 29.2 Å². The number of anilines is 1. The number of nitrogen functional groups attached to an aromatic ring is 1. The molecule has 0 fully saturated rings. The molecule has 0 radical (unpaired) electrons. The van der Waals surface area contributed by atoms with Crippen LogP contribution in [0.1, 0.15) is 28.6 Å². The third-order valence-corrected chi connectivity index (χ3v) is 7.60. The smallest absolute Gasteiger partial charge is 0.416 e. The number of rotatable bonds is 6. The van der Waals surface area contributed by atoms with E-state index in [1.165, 1.54) is 0 Å². The van der Waals surface area contributed by atoms with Gasteiger partial charge in [-0.05, 0) is 79.1 Å². The number of carbonyl (C=O) groups is 1. The van der Waals surface area contributed by atoms with Crippen molar-refractivity contribution < 1.29 is 14.3 Å². The molecule has 1 amide bonds. The molecule has 2 aromatic heterocycles. The molecule has 1 aliphatic rings. The molecule has 10 heteroatoms. The Morgan fingerprint density at radius 2 is 1.75 bits per heavy atom. The van der Waals surface area contributed by atoms with E-state index in [2.05, 4.69) is 10.1 Å². The first-order valence-corrected chi connectivity index (χ1v) is 13.7. The van der Waals surface area contributed by atoms with Crippen LogP contribution in [0.5, 0.6) is 11.5 Å². The van der Waals surface area contributed by atoms with Gasteiger partial charge in [-0.15, -0.1) is 0 Å². The molecule has 1 atom stereocenters. The molecule has 3 heterocycles. The zero-order valence-electron chi connectivity index (χ0n) is 21.7. The van der Waals surface area contributed by atoms with Crippen molar-refractivity contribution in [3.8, 4) is 11.5 Å². The molecule has 0 aliphatic carbocycles. The molecule has 3 N–H and O–H groups in total. The molecule has 1 unspecified atom stereocenters. The van der Waals surface area contributed by atoms with E-state index in [9.17, 15) is 4.79 Å². The molecule has 0 bridgehead atoms. The van der Waals surface area contributed by atoms with Crippen molar-refractivity contribution in [2.45, 2.75) is 25.9 Å². The molecule has 0 spiro atoms. The molecule has 6 rings (SSSR count). The second-order valence-corrected chi connectivity index (χ2v) is 10.6. The lowest BCUT2D eigenvalue weighted by Gasteiger charge is -2.35. The van der Waals surface area contributed by atoms with Crippen molar-refractivity contribution in [2.24, 2.45) is 0 Å². The number of hydrogen-bond acceptors (Lipinski definition) is 5. The number of aromatic nitrogens is 3. The van der Waals surface area contributed by atoms with E-state index in [1.807, 2.05) is 60.1 Å². The van der Waals surface area contributed by atoms with Crippen LogP contribution in [0.4, 0.5) is 10.6 Å². The fourth-order valence-electron chi connectivity index (χ4n) is 5.22. The van der Waals surface area contributed by atoms with Gasteiger partial charge in [0.1, 0.15) is 30.0 Å². The van der Waals surface area contributed by atoms with Crippen LogP contribution >= 0.6 is 23.2 Å². The van der Waals surface area contributed by atoms with Gasteiger partial charge in [0.05, 0.1) is 6.54 Å². The Hall–Kier alpha value is -4.14. The number of amides is 1. The fraction of sp³-hybridized carbons (Fsp3) is 0.200. The van der Waals surface area contributed by atoms with Crippen molar-refractivity contribution in [1.82, 2.24) is 19.7 Å². The highest BCUT2D eigenvalue weighted by molar-refractivity contribution is 6.31. The summed E-state index contributed by atoms with van der Waals surface area (Å²) in [6.45, 7) is 3.46. The third-order valence-electron chi connectivity index (χ3n) is 7.11. The molecular formula is C30H27Cl2N5O3. The number of H-pyrrole nitrogens is 1. The van der Waals surface area contributed by atoms with Gasteiger partial charge in [-0.1, -0.05) is 35.3 Å². The van der Waals surface area contributed by atoms with Gasteiger partial charge in [-0.25, -0.2) is 4.79 Å². The Kier molecular flexibility index (Phi) is 7.04. The molecule has 0 saturated carbocycles. The number of aryl methyl sites for hydroxylation is 1. The Morgan fingerprint density at radius 1 is 1.02 bits per heavy atom. The van der Waals surface area contributed by atoms with Gasteiger partial charge in [0.25, 0.3) is 0 Å². The van der Waals surface area contributed by atoms with E-state index >= 15 is 0 Å². The number of fused-ring (bicyclic) bond motifs is 3. The molecule has 40 heavy (non-hydrogen) atoms. The maximum atomic E-state index is 13.5. The monoisotopic (exact) mass is 575 g/mol. The number of nitrogens with zero attached hydrogens (tertiary/aromatic N) is 3. The maximum absolute atomic E-state index is 13.5. The number of nitrogens with one attached hydrogen (secondary N) is 1. The van der Waals surface area contributed by atoms with Crippen LogP contribution < -0.4 is 15.2 Å². The lowest BCUT2D eigenvalue weighted by Crippen LogP contribution is -2.42. The van der Waals surface area contributed by atoms with Gasteiger partial charge in [-0.2, -0.15) is 5.10 Å². The number of ether oxygens (including phenoxy) is 2. The fourth-order valence-corrected chi connectivity index (χ4v) is 5.52. The molecule has 3 aromatic carbocycles. The van der Waals surface area contributed by atoms with E-state index < -0.39 is 12.1 Å². The highest BCUT2D eigenvalue weighted by Gasteiger charge is 2.35. The summed E-state index contributed by atoms with van der Waals surface area (Å²) in [6, 6.07) is 21.8. The van der Waals surface area contributed by atoms with E-state index in [0.29, 0.717) is 47.7 Å². The molecule has 0 saturated heterocycles. The zero-order chi connectivity index (χ0) is 27.8. The number of benzene rings is 3. The number of nitrogens with two attached hydrogens (primary N) is 1. The molecule has 5 aromatic rings. The minimum absolute atomic E-state index is 0.390. The van der Waals surface area contributed by atoms with Crippen LogP contribution in [0.2, 0.25) is 10.0 Å². The Labute approximate surface area is 241 Å². The van der Waals surface area contributed by atoms with Crippen molar-refractivity contribution >= 4 is 46.0 Å². The molecule has 8 nitrogen and oxygen atoms in total. The van der Waals surface area contributed by atoms with Crippen LogP contribution in [0.25, 0.3) is 10.9 Å². The lowest BCUT2D eigenvalue weighted by atomic mass is 9.92. The van der Waals surface area contributed by atoms with Gasteiger partial charge in [0, 0.05) is 44.9 Å². The maximum Gasteiger partial charge on any atom is 0.416 e. The average Bonchev–Trinajstić information content (AvgIpc) is 3.47. The van der Waals surface area contributed by atoms with Gasteiger partial charge in [-0.3, -0.25) is 9.58 Å². The largest absolute Gasteiger partial charge is 0.492 e. The van der Waals surface area contributed by atoms with Crippen molar-refractivity contribution in [2.75, 3.05) is 18.9 Å². The number of aromatic amines is 1. The van der Waals surface area contributed by atoms with E-state index in [0.717, 1.165) is 39.2 Å². The van der Waals surface area contributed by atoms with Crippen LogP contribution in [0.15, 0.2) is 72.8 Å². The minimum Gasteiger partial charge on any atom is -0.492 e. The normalized spacial score (nSPS) is 14.8. The van der Waals surface area contributed by atoms with Crippen LogP contribution in [-0.2, 0) is 13.0 Å². The van der Waals surface area contributed by atoms with Crippen LogP contribution in [0, 0.1) is 6.92 Å². The highest BCUT2D eigenvalue weighted by atomic mass is 35.5. The standard InChI is InChI=1S/C30H27Cl2N5O3/c1-18-16-27(33)35-37(18)14-15-39-22-7-2-19(3-8-22)29-28-24(25-17-21(32)6-11-26(25)34-28)12-13-36(29)30(38)40-23-9-4-20(31)5-10-23/h2-11,16-17,29,34H,12-15H2,1H3,(H2,33,35). The summed E-state index contributed by atoms with van der Waals surface area (Å²) in [4.78, 5) is 18.8. The molecule has 204 valence electrons. The number of carbonyl (C=O) groups excluding carboxylic acids is 1. The SMILES string of the molecule is Cc1cc(N)nn1CCOc1ccc(C2c3[nH]c4ccc(Cl)cc4c3CCN2C(=O)Oc2ccc(Cl)cc2)cc1. The van der Waals surface area contributed by atoms with E-state index in [-0.39, 0.29) is 0 Å². The van der Waals surface area contributed by atoms with Crippen LogP contribution in [0.3, 0.4) is 0 Å². The summed E-state index contributed by atoms with van der Waals surface area (Å²) < 4.78 is 13.5. The molecule has 1 aliphatic heterocycles. The third kappa shape index (κ3) is 5.20. The number of halogens is 2. The predicted octanol–water partition coefficient (Wildman–Crippen LogP) is 6.79. The lowest BCUT2D eigenvalue weighted by molar-refractivity contribution is 0.135. The average molecular weight is 576 g/mol. The van der Waals surface area contributed by atoms with Gasteiger partial charge < -0.3 is 20.2 Å². The summed E-state index contributed by atoms with van der Waals surface area (Å²) in [5, 5.41) is 6.57. The number of hydrogen-bond donors (Lipinski definition) is 2. The van der Waals surface area contributed by atoms with Crippen molar-refractivity contribution in [1.29, 1.82) is 0 Å². The minimum atomic E-state index is -0.441. The van der Waals surface area contributed by atoms with E-state index in [4.69, 9.17) is 38.4 Å². The second kappa shape index (κ2) is 10.8. The zero-order valence-corrected chi connectivity index (χ0v) is 23.2. The van der Waals surface area contributed by atoms with Gasteiger partial charge in [0.2, 0.25) is 0 Å². The summed E-state index contributed by atoms with van der Waals surface area (Å²) in [7, 11) is 0. The Balaban J connectivity index is 1.28. The molecular weight excluding hydrogens is 549 g/mol. The van der Waals surface area contributed by atoms with Crippen LogP contribution in [-0.4, -0.2) is 38.9 Å². The first kappa shape index (κ1) is 26.1. The van der Waals surface area contributed by atoms with Crippen molar-refractivity contribution in [3.05, 3.63) is 105 Å². The topological polar surface area (TPSA) is 98.4 Å². The Bertz CT molecular complexity index is 1680. The quantitative estimate of drug-likeness (QED) is 0.232. The predicted molar refractivity (Wildman–Crippen MR) is 156 cm³/mol. The first-order chi connectivity index (χ1) is 19.4. The second-order valence-electron chi connectivity index (χ2n) is 9.73. The Morgan fingerprint density at radius 3 is 2.48 bits per heavy atom. The summed E-state index contributed by atoms with van der Waals surface area (Å²) >= 11 is 12.3. The van der Waals surface area contributed by atoms with Gasteiger partial charge in [0.15, 0.2) is 0 Å². The summed E-state index contributed by atoms with van der Waals surface area (Å²) in [5.41, 5.74) is 10.7.